The van der Waals surface area contributed by atoms with Crippen molar-refractivity contribution in [2.75, 3.05) is 0 Å². The van der Waals surface area contributed by atoms with E-state index in [1.54, 1.807) is 12.1 Å². The Morgan fingerprint density at radius 2 is 1.74 bits per heavy atom. The van der Waals surface area contributed by atoms with Gasteiger partial charge in [0.15, 0.2) is 0 Å². The van der Waals surface area contributed by atoms with Gasteiger partial charge >= 0.3 is 0 Å². The zero-order valence-corrected chi connectivity index (χ0v) is 20.0. The first kappa shape index (κ1) is 22.8. The van der Waals surface area contributed by atoms with Crippen molar-refractivity contribution in [2.45, 2.75) is 33.4 Å². The summed E-state index contributed by atoms with van der Waals surface area (Å²) < 4.78 is 21.4. The van der Waals surface area contributed by atoms with E-state index < -0.39 is 0 Å². The van der Waals surface area contributed by atoms with Crippen molar-refractivity contribution in [3.8, 4) is 17.0 Å². The molecule has 2 aromatic heterocycles. The average Bonchev–Trinajstić information content (AvgIpc) is 3.31. The summed E-state index contributed by atoms with van der Waals surface area (Å²) in [7, 11) is 0. The summed E-state index contributed by atoms with van der Waals surface area (Å²) in [4.78, 5) is 4.72. The van der Waals surface area contributed by atoms with E-state index in [0.29, 0.717) is 19.1 Å². The lowest BCUT2D eigenvalue weighted by molar-refractivity contribution is 0.301. The molecule has 0 N–H and O–H groups in total. The quantitative estimate of drug-likeness (QED) is 0.246. The number of hydrogen-bond donors (Lipinski definition) is 0. The molecule has 4 nitrogen and oxygen atoms in total. The Balaban J connectivity index is 1.39. The van der Waals surface area contributed by atoms with Crippen LogP contribution in [0.5, 0.6) is 5.75 Å². The highest BCUT2D eigenvalue weighted by Gasteiger charge is 2.14. The summed E-state index contributed by atoms with van der Waals surface area (Å²) in [6.07, 6.45) is 2.73. The maximum absolute atomic E-state index is 13.3. The Morgan fingerprint density at radius 3 is 2.57 bits per heavy atom. The Morgan fingerprint density at radius 1 is 0.914 bits per heavy atom. The number of benzene rings is 3. The van der Waals surface area contributed by atoms with E-state index >= 15 is 0 Å². The molecular formula is C30H28FN3O. The number of pyridine rings is 1. The fourth-order valence-electron chi connectivity index (χ4n) is 4.31. The first-order valence-electron chi connectivity index (χ1n) is 11.9. The number of rotatable bonds is 8. The van der Waals surface area contributed by atoms with Gasteiger partial charge < -0.3 is 4.74 Å². The summed E-state index contributed by atoms with van der Waals surface area (Å²) in [5.41, 5.74) is 6.26. The Labute approximate surface area is 205 Å². The van der Waals surface area contributed by atoms with E-state index in [-0.39, 0.29) is 5.82 Å². The summed E-state index contributed by atoms with van der Waals surface area (Å²) in [6, 6.07) is 27.0. The molecule has 5 heteroatoms. The lowest BCUT2D eigenvalue weighted by atomic mass is 9.96. The SMILES string of the molecule is CC(C)Cc1cc(OCc2ccc3ccccc3n2)ccc1-c1ccnn1Cc1ccc(F)cc1. The maximum atomic E-state index is 13.3. The first-order chi connectivity index (χ1) is 17.0. The van der Waals surface area contributed by atoms with E-state index in [4.69, 9.17) is 9.72 Å². The predicted octanol–water partition coefficient (Wildman–Crippen LogP) is 7.06. The van der Waals surface area contributed by atoms with E-state index in [0.717, 1.165) is 45.6 Å². The minimum atomic E-state index is -0.233. The number of aromatic nitrogens is 3. The van der Waals surface area contributed by atoms with Crippen LogP contribution in [0.2, 0.25) is 0 Å². The van der Waals surface area contributed by atoms with Crippen LogP contribution in [0.15, 0.2) is 91.1 Å². The van der Waals surface area contributed by atoms with Crippen LogP contribution < -0.4 is 4.74 Å². The third-order valence-corrected chi connectivity index (χ3v) is 5.99. The minimum Gasteiger partial charge on any atom is -0.487 e. The first-order valence-corrected chi connectivity index (χ1v) is 11.9. The van der Waals surface area contributed by atoms with Crippen LogP contribution in [0.1, 0.15) is 30.7 Å². The van der Waals surface area contributed by atoms with Gasteiger partial charge in [0.25, 0.3) is 0 Å². The van der Waals surface area contributed by atoms with Crippen molar-refractivity contribution < 1.29 is 9.13 Å². The van der Waals surface area contributed by atoms with Crippen molar-refractivity contribution in [1.29, 1.82) is 0 Å². The second-order valence-corrected chi connectivity index (χ2v) is 9.20. The van der Waals surface area contributed by atoms with E-state index in [9.17, 15) is 4.39 Å². The molecule has 35 heavy (non-hydrogen) atoms. The van der Waals surface area contributed by atoms with Crippen molar-refractivity contribution in [2.24, 2.45) is 5.92 Å². The Kier molecular flexibility index (Phi) is 6.57. The van der Waals surface area contributed by atoms with Crippen LogP contribution in [-0.2, 0) is 19.6 Å². The molecule has 5 aromatic rings. The molecule has 0 fully saturated rings. The Hall–Kier alpha value is -3.99. The number of hydrogen-bond acceptors (Lipinski definition) is 3. The fourth-order valence-corrected chi connectivity index (χ4v) is 4.31. The number of nitrogens with zero attached hydrogens (tertiary/aromatic N) is 3. The molecule has 0 aliphatic heterocycles. The standard InChI is InChI=1S/C30H28FN3O/c1-21(2)17-24-18-27(35-20-26-12-9-23-5-3-4-6-29(23)33-26)13-14-28(24)30-15-16-32-34(30)19-22-7-10-25(31)11-8-22/h3-16,18,21H,17,19-20H2,1-2H3. The zero-order valence-electron chi connectivity index (χ0n) is 20.0. The summed E-state index contributed by atoms with van der Waals surface area (Å²) in [5.74, 6) is 1.08. The zero-order chi connectivity index (χ0) is 24.2. The second-order valence-electron chi connectivity index (χ2n) is 9.20. The third-order valence-electron chi connectivity index (χ3n) is 5.99. The van der Waals surface area contributed by atoms with Crippen LogP contribution in [0.4, 0.5) is 4.39 Å². The van der Waals surface area contributed by atoms with Gasteiger partial charge in [0.2, 0.25) is 0 Å². The van der Waals surface area contributed by atoms with Crippen LogP contribution in [0.3, 0.4) is 0 Å². The van der Waals surface area contributed by atoms with Crippen LogP contribution in [-0.4, -0.2) is 14.8 Å². The monoisotopic (exact) mass is 465 g/mol. The molecule has 0 aliphatic carbocycles. The summed E-state index contributed by atoms with van der Waals surface area (Å²) >= 11 is 0. The van der Waals surface area contributed by atoms with Crippen LogP contribution in [0, 0.1) is 11.7 Å². The van der Waals surface area contributed by atoms with Crippen molar-refractivity contribution in [1.82, 2.24) is 14.8 Å². The minimum absolute atomic E-state index is 0.233. The third kappa shape index (κ3) is 5.40. The molecule has 0 saturated heterocycles. The number of para-hydroxylation sites is 1. The van der Waals surface area contributed by atoms with Gasteiger partial charge in [0, 0.05) is 17.1 Å². The number of fused-ring (bicyclic) bond motifs is 1. The summed E-state index contributed by atoms with van der Waals surface area (Å²) in [6.45, 7) is 5.42. The lowest BCUT2D eigenvalue weighted by Crippen LogP contribution is -2.06. The lowest BCUT2D eigenvalue weighted by Gasteiger charge is -2.16. The molecule has 0 atom stereocenters. The van der Waals surface area contributed by atoms with Crippen molar-refractivity contribution in [3.05, 3.63) is 114 Å². The molecule has 0 amide bonds. The molecule has 176 valence electrons. The molecule has 3 aromatic carbocycles. The largest absolute Gasteiger partial charge is 0.487 e. The topological polar surface area (TPSA) is 39.9 Å². The molecule has 5 rings (SSSR count). The highest BCUT2D eigenvalue weighted by Crippen LogP contribution is 2.30. The number of ether oxygens (including phenoxy) is 1. The molecule has 2 heterocycles. The second kappa shape index (κ2) is 10.1. The van der Waals surface area contributed by atoms with Gasteiger partial charge in [-0.05, 0) is 72.0 Å². The van der Waals surface area contributed by atoms with Gasteiger partial charge in [0.1, 0.15) is 18.2 Å². The fraction of sp³-hybridized carbons (Fsp3) is 0.200. The predicted molar refractivity (Wildman–Crippen MR) is 138 cm³/mol. The van der Waals surface area contributed by atoms with Crippen LogP contribution in [0.25, 0.3) is 22.2 Å². The molecule has 0 saturated carbocycles. The maximum Gasteiger partial charge on any atom is 0.130 e. The van der Waals surface area contributed by atoms with Gasteiger partial charge in [-0.3, -0.25) is 4.68 Å². The molecule has 0 unspecified atom stereocenters. The highest BCUT2D eigenvalue weighted by molar-refractivity contribution is 5.78. The van der Waals surface area contributed by atoms with E-state index in [1.807, 2.05) is 47.3 Å². The van der Waals surface area contributed by atoms with Gasteiger partial charge in [-0.2, -0.15) is 5.10 Å². The highest BCUT2D eigenvalue weighted by atomic mass is 19.1. The molecule has 0 bridgehead atoms. The van der Waals surface area contributed by atoms with Crippen LogP contribution >= 0.6 is 0 Å². The summed E-state index contributed by atoms with van der Waals surface area (Å²) in [5, 5.41) is 5.66. The van der Waals surface area contributed by atoms with Gasteiger partial charge in [-0.1, -0.05) is 50.2 Å². The smallest absolute Gasteiger partial charge is 0.130 e. The van der Waals surface area contributed by atoms with E-state index in [2.05, 4.69) is 43.2 Å². The number of halogens is 1. The molecule has 0 spiro atoms. The average molecular weight is 466 g/mol. The van der Waals surface area contributed by atoms with Gasteiger partial charge in [-0.25, -0.2) is 9.37 Å². The normalized spacial score (nSPS) is 11.3. The molecule has 0 aliphatic rings. The molecular weight excluding hydrogens is 437 g/mol. The van der Waals surface area contributed by atoms with E-state index in [1.165, 1.54) is 17.7 Å². The van der Waals surface area contributed by atoms with Crippen molar-refractivity contribution in [3.63, 3.8) is 0 Å². The van der Waals surface area contributed by atoms with Gasteiger partial charge in [0.05, 0.1) is 23.4 Å². The Bertz CT molecular complexity index is 1440. The van der Waals surface area contributed by atoms with Gasteiger partial charge in [-0.15, -0.1) is 0 Å². The van der Waals surface area contributed by atoms with Crippen molar-refractivity contribution >= 4 is 10.9 Å². The molecule has 0 radical (unpaired) electrons.